The Labute approximate surface area is 192 Å². The fourth-order valence-electron chi connectivity index (χ4n) is 6.35. The van der Waals surface area contributed by atoms with Crippen LogP contribution in [0.5, 0.6) is 5.75 Å². The molecule has 2 aromatic rings. The number of amides is 3. The van der Waals surface area contributed by atoms with Crippen molar-refractivity contribution in [2.45, 2.75) is 18.9 Å². The first-order chi connectivity index (χ1) is 16.1. The Morgan fingerprint density at radius 1 is 1.00 bits per heavy atom. The molecule has 168 valence electrons. The molecule has 7 rings (SSSR count). The minimum Gasteiger partial charge on any atom is -0.497 e. The highest BCUT2D eigenvalue weighted by Crippen LogP contribution is 2.65. The number of methoxy groups -OCH3 is 1. The summed E-state index contributed by atoms with van der Waals surface area (Å²) in [5.74, 6) is 0.556. The molecule has 0 aromatic heterocycles. The third kappa shape index (κ3) is 3.19. The van der Waals surface area contributed by atoms with Gasteiger partial charge in [-0.05, 0) is 47.8 Å². The minimum absolute atomic E-state index is 0.130. The Hall–Kier alpha value is -3.41. The van der Waals surface area contributed by atoms with Crippen LogP contribution >= 0.6 is 0 Å². The van der Waals surface area contributed by atoms with E-state index in [1.165, 1.54) is 4.90 Å². The molecule has 4 aliphatic carbocycles. The minimum atomic E-state index is -0.903. The van der Waals surface area contributed by atoms with Crippen molar-refractivity contribution in [3.8, 4) is 5.75 Å². The highest BCUT2D eigenvalue weighted by atomic mass is 16.5. The molecule has 3 fully saturated rings. The molecular weight excluding hydrogens is 416 g/mol. The summed E-state index contributed by atoms with van der Waals surface area (Å²) in [7, 11) is 1.56. The van der Waals surface area contributed by atoms with Gasteiger partial charge >= 0.3 is 0 Å². The van der Waals surface area contributed by atoms with Gasteiger partial charge < -0.3 is 10.1 Å². The van der Waals surface area contributed by atoms with Crippen LogP contribution < -0.4 is 10.1 Å². The molecule has 1 aliphatic heterocycles. The maximum atomic E-state index is 13.7. The molecule has 6 nitrogen and oxygen atoms in total. The Morgan fingerprint density at radius 3 is 2.30 bits per heavy atom. The number of imide groups is 1. The molecular formula is C27H26N2O4. The lowest BCUT2D eigenvalue weighted by atomic mass is 9.63. The average molecular weight is 443 g/mol. The van der Waals surface area contributed by atoms with E-state index in [2.05, 4.69) is 17.5 Å². The quantitative estimate of drug-likeness (QED) is 0.550. The summed E-state index contributed by atoms with van der Waals surface area (Å²) >= 11 is 0. The van der Waals surface area contributed by atoms with Gasteiger partial charge in [0, 0.05) is 18.2 Å². The fraction of sp³-hybridized carbons (Fsp3) is 0.370. The lowest BCUT2D eigenvalue weighted by Crippen LogP contribution is -2.49. The maximum absolute atomic E-state index is 13.7. The topological polar surface area (TPSA) is 75.7 Å². The molecule has 1 heterocycles. The van der Waals surface area contributed by atoms with Crippen LogP contribution in [0.25, 0.3) is 0 Å². The molecule has 5 aliphatic rings. The smallest absolute Gasteiger partial charge is 0.248 e. The van der Waals surface area contributed by atoms with Crippen molar-refractivity contribution < 1.29 is 19.1 Å². The van der Waals surface area contributed by atoms with Crippen LogP contribution in [0.4, 0.5) is 5.69 Å². The molecule has 1 saturated heterocycles. The van der Waals surface area contributed by atoms with Gasteiger partial charge in [0.1, 0.15) is 11.8 Å². The SMILES string of the molecule is COc1cccc(NC(=O)[C@@H](Cc2ccccc2)N2C(=O)[C@@H]3[C@@H]4C=C[C@H]([C@H]5C[C@H]45)[C@@H]3C2=O)c1. The number of anilines is 1. The molecule has 2 bridgehead atoms. The van der Waals surface area contributed by atoms with Crippen molar-refractivity contribution in [1.29, 1.82) is 0 Å². The van der Waals surface area contributed by atoms with Crippen LogP contribution in [0.15, 0.2) is 66.7 Å². The largest absolute Gasteiger partial charge is 0.497 e. The second kappa shape index (κ2) is 7.58. The standard InChI is InChI=1S/C27H26N2O4/c1-33-17-9-5-8-16(13-17)28-25(30)22(12-15-6-3-2-4-7-15)29-26(31)23-18-10-11-19(21-14-20(18)21)24(23)27(29)32/h2-11,13,18-24H,12,14H2,1H3,(H,28,30)/t18-,19-,20-,21-,22-,23-,24+/m1/s1. The van der Waals surface area contributed by atoms with E-state index in [1.807, 2.05) is 30.3 Å². The zero-order valence-electron chi connectivity index (χ0n) is 18.4. The molecule has 0 unspecified atom stereocenters. The van der Waals surface area contributed by atoms with E-state index in [1.54, 1.807) is 31.4 Å². The maximum Gasteiger partial charge on any atom is 0.248 e. The Balaban J connectivity index is 1.32. The monoisotopic (exact) mass is 442 g/mol. The molecule has 7 atom stereocenters. The first-order valence-electron chi connectivity index (χ1n) is 11.6. The van der Waals surface area contributed by atoms with Gasteiger partial charge in [-0.15, -0.1) is 0 Å². The summed E-state index contributed by atoms with van der Waals surface area (Å²) in [5, 5.41) is 2.91. The summed E-state index contributed by atoms with van der Waals surface area (Å²) in [5.41, 5.74) is 1.47. The van der Waals surface area contributed by atoms with E-state index in [0.717, 1.165) is 12.0 Å². The lowest BCUT2D eigenvalue weighted by molar-refractivity contribution is -0.146. The van der Waals surface area contributed by atoms with Crippen LogP contribution in [0.3, 0.4) is 0 Å². The highest BCUT2D eigenvalue weighted by molar-refractivity contribution is 6.10. The number of hydrogen-bond acceptors (Lipinski definition) is 4. The van der Waals surface area contributed by atoms with Gasteiger partial charge in [0.05, 0.1) is 18.9 Å². The first kappa shape index (κ1) is 20.2. The van der Waals surface area contributed by atoms with Crippen LogP contribution in [0.2, 0.25) is 0 Å². The molecule has 0 spiro atoms. The number of carbonyl (C=O) groups excluding carboxylic acids is 3. The molecule has 33 heavy (non-hydrogen) atoms. The highest BCUT2D eigenvalue weighted by Gasteiger charge is 2.67. The lowest BCUT2D eigenvalue weighted by Gasteiger charge is -2.37. The van der Waals surface area contributed by atoms with Crippen molar-refractivity contribution in [1.82, 2.24) is 4.90 Å². The van der Waals surface area contributed by atoms with Crippen molar-refractivity contribution in [3.63, 3.8) is 0 Å². The number of nitrogens with one attached hydrogen (secondary N) is 1. The van der Waals surface area contributed by atoms with Crippen molar-refractivity contribution >= 4 is 23.4 Å². The molecule has 2 aromatic carbocycles. The molecule has 2 saturated carbocycles. The van der Waals surface area contributed by atoms with Gasteiger partial charge in [0.15, 0.2) is 0 Å². The van der Waals surface area contributed by atoms with E-state index in [4.69, 9.17) is 4.74 Å². The fourth-order valence-corrected chi connectivity index (χ4v) is 6.35. The van der Waals surface area contributed by atoms with E-state index in [0.29, 0.717) is 23.3 Å². The van der Waals surface area contributed by atoms with E-state index in [-0.39, 0.29) is 47.8 Å². The van der Waals surface area contributed by atoms with E-state index in [9.17, 15) is 14.4 Å². The summed E-state index contributed by atoms with van der Waals surface area (Å²) in [6, 6.07) is 15.7. The number of hydrogen-bond donors (Lipinski definition) is 1. The molecule has 3 amide bonds. The summed E-state index contributed by atoms with van der Waals surface area (Å²) in [6.45, 7) is 0. The van der Waals surface area contributed by atoms with Crippen LogP contribution in [0.1, 0.15) is 12.0 Å². The Bertz CT molecular complexity index is 1120. The second-order valence-corrected chi connectivity index (χ2v) is 9.63. The van der Waals surface area contributed by atoms with E-state index < -0.39 is 6.04 Å². The Morgan fingerprint density at radius 2 is 1.67 bits per heavy atom. The van der Waals surface area contributed by atoms with Gasteiger partial charge in [0.2, 0.25) is 17.7 Å². The number of likely N-dealkylation sites (tertiary alicyclic amines) is 1. The summed E-state index contributed by atoms with van der Waals surface area (Å²) in [4.78, 5) is 42.2. The second-order valence-electron chi connectivity index (χ2n) is 9.63. The predicted molar refractivity (Wildman–Crippen MR) is 122 cm³/mol. The summed E-state index contributed by atoms with van der Waals surface area (Å²) in [6.07, 6.45) is 5.69. The number of nitrogens with zero attached hydrogens (tertiary/aromatic N) is 1. The molecule has 1 N–H and O–H groups in total. The molecule has 6 heteroatoms. The van der Waals surface area contributed by atoms with E-state index >= 15 is 0 Å². The van der Waals surface area contributed by atoms with Crippen LogP contribution in [0, 0.1) is 35.5 Å². The zero-order valence-corrected chi connectivity index (χ0v) is 18.4. The third-order valence-corrected chi connectivity index (χ3v) is 7.92. The number of carbonyl (C=O) groups is 3. The van der Waals surface area contributed by atoms with Crippen molar-refractivity contribution in [2.24, 2.45) is 35.5 Å². The zero-order chi connectivity index (χ0) is 22.7. The van der Waals surface area contributed by atoms with Crippen LogP contribution in [-0.4, -0.2) is 35.8 Å². The van der Waals surface area contributed by atoms with Crippen molar-refractivity contribution in [3.05, 3.63) is 72.3 Å². The van der Waals surface area contributed by atoms with Crippen LogP contribution in [-0.2, 0) is 20.8 Å². The van der Waals surface area contributed by atoms with Gasteiger partial charge in [-0.3, -0.25) is 19.3 Å². The van der Waals surface area contributed by atoms with Gasteiger partial charge in [-0.2, -0.15) is 0 Å². The average Bonchev–Trinajstić information content (AvgIpc) is 3.62. The van der Waals surface area contributed by atoms with Gasteiger partial charge in [-0.25, -0.2) is 0 Å². The number of rotatable bonds is 6. The predicted octanol–water partition coefficient (Wildman–Crippen LogP) is 3.30. The van der Waals surface area contributed by atoms with Gasteiger partial charge in [0.25, 0.3) is 0 Å². The third-order valence-electron chi connectivity index (χ3n) is 7.92. The summed E-state index contributed by atoms with van der Waals surface area (Å²) < 4.78 is 5.26. The molecule has 0 radical (unpaired) electrons. The normalized spacial score (nSPS) is 31.7. The first-order valence-corrected chi connectivity index (χ1v) is 11.6. The number of allylic oxidation sites excluding steroid dienone is 2. The number of benzene rings is 2. The Kier molecular flexibility index (Phi) is 4.64. The van der Waals surface area contributed by atoms with Gasteiger partial charge in [-0.1, -0.05) is 48.6 Å². The van der Waals surface area contributed by atoms with Crippen molar-refractivity contribution in [2.75, 3.05) is 12.4 Å². The number of ether oxygens (including phenoxy) is 1.